The average Bonchev–Trinajstić information content (AvgIpc) is 3.39. The molecule has 36 heavy (non-hydrogen) atoms. The lowest BCUT2D eigenvalue weighted by atomic mass is 10.2. The van der Waals surface area contributed by atoms with Gasteiger partial charge in [0.1, 0.15) is 18.0 Å². The number of nitrogens with one attached hydrogen (secondary N) is 2. The molecule has 1 aliphatic rings. The smallest absolute Gasteiger partial charge is 0.260 e. The van der Waals surface area contributed by atoms with Crippen LogP contribution in [0.5, 0.6) is 11.5 Å². The van der Waals surface area contributed by atoms with Crippen LogP contribution in [0.15, 0.2) is 53.6 Å². The SMILES string of the molecule is COc1ccc(N(CC(=O)N/N=C\c2ccc(OCC(=O)NC[C@@H]3CCCO3)cc2)S(C)(=O)=O)cc1. The number of hydrazone groups is 1. The zero-order chi connectivity index (χ0) is 26.0. The number of methoxy groups -OCH3 is 1. The molecule has 1 fully saturated rings. The van der Waals surface area contributed by atoms with E-state index in [0.717, 1.165) is 30.0 Å². The number of ether oxygens (including phenoxy) is 3. The number of carbonyl (C=O) groups is 2. The molecule has 1 atom stereocenters. The normalized spacial score (nSPS) is 15.4. The molecule has 1 saturated heterocycles. The van der Waals surface area contributed by atoms with Gasteiger partial charge >= 0.3 is 0 Å². The molecular weight excluding hydrogens is 488 g/mol. The first-order valence-corrected chi connectivity index (χ1v) is 13.1. The van der Waals surface area contributed by atoms with E-state index in [1.165, 1.54) is 13.3 Å². The van der Waals surface area contributed by atoms with Gasteiger partial charge in [0.15, 0.2) is 6.61 Å². The highest BCUT2D eigenvalue weighted by molar-refractivity contribution is 7.92. The van der Waals surface area contributed by atoms with Crippen molar-refractivity contribution in [2.24, 2.45) is 5.10 Å². The summed E-state index contributed by atoms with van der Waals surface area (Å²) in [4.78, 5) is 24.2. The molecule has 2 N–H and O–H groups in total. The van der Waals surface area contributed by atoms with Crippen LogP contribution in [0.4, 0.5) is 5.69 Å². The van der Waals surface area contributed by atoms with Crippen molar-refractivity contribution in [2.45, 2.75) is 18.9 Å². The second kappa shape index (κ2) is 12.9. The molecular formula is C24H30N4O7S. The quantitative estimate of drug-likeness (QED) is 0.319. The summed E-state index contributed by atoms with van der Waals surface area (Å²) in [6, 6.07) is 13.1. The van der Waals surface area contributed by atoms with Gasteiger partial charge in [-0.05, 0) is 66.9 Å². The molecule has 1 aliphatic heterocycles. The zero-order valence-electron chi connectivity index (χ0n) is 20.2. The topological polar surface area (TPSA) is 136 Å². The van der Waals surface area contributed by atoms with Crippen LogP contribution in [0.1, 0.15) is 18.4 Å². The maximum absolute atomic E-state index is 12.3. The Labute approximate surface area is 210 Å². The van der Waals surface area contributed by atoms with E-state index in [-0.39, 0.29) is 18.6 Å². The Hall–Kier alpha value is -3.64. The number of carbonyl (C=O) groups excluding carboxylic acids is 2. The molecule has 12 heteroatoms. The van der Waals surface area contributed by atoms with E-state index in [4.69, 9.17) is 14.2 Å². The number of hydrogen-bond donors (Lipinski definition) is 2. The summed E-state index contributed by atoms with van der Waals surface area (Å²) in [5.41, 5.74) is 3.32. The first-order valence-electron chi connectivity index (χ1n) is 11.3. The first-order chi connectivity index (χ1) is 17.2. The predicted molar refractivity (Wildman–Crippen MR) is 135 cm³/mol. The minimum Gasteiger partial charge on any atom is -0.497 e. The fraction of sp³-hybridized carbons (Fsp3) is 0.375. The molecule has 194 valence electrons. The Morgan fingerprint density at radius 3 is 2.42 bits per heavy atom. The molecule has 0 radical (unpaired) electrons. The maximum atomic E-state index is 12.3. The van der Waals surface area contributed by atoms with E-state index < -0.39 is 22.5 Å². The lowest BCUT2D eigenvalue weighted by molar-refractivity contribution is -0.123. The summed E-state index contributed by atoms with van der Waals surface area (Å²) in [5.74, 6) is 0.236. The Bertz CT molecular complexity index is 1150. The lowest BCUT2D eigenvalue weighted by Crippen LogP contribution is -2.39. The van der Waals surface area contributed by atoms with Crippen molar-refractivity contribution in [2.75, 3.05) is 44.0 Å². The van der Waals surface area contributed by atoms with Crippen molar-refractivity contribution in [3.05, 3.63) is 54.1 Å². The third-order valence-corrected chi connectivity index (χ3v) is 6.39. The second-order valence-electron chi connectivity index (χ2n) is 8.06. The Morgan fingerprint density at radius 2 is 1.81 bits per heavy atom. The van der Waals surface area contributed by atoms with Gasteiger partial charge in [-0.3, -0.25) is 13.9 Å². The summed E-state index contributed by atoms with van der Waals surface area (Å²) >= 11 is 0. The van der Waals surface area contributed by atoms with E-state index in [2.05, 4.69) is 15.8 Å². The standard InChI is InChI=1S/C24H30N4O7S/c1-33-20-11-7-19(8-12-20)28(36(2,31)32)16-23(29)27-26-14-18-5-9-21(10-6-18)35-17-24(30)25-15-22-4-3-13-34-22/h5-12,14,22H,3-4,13,15-17H2,1-2H3,(H,25,30)(H,27,29)/b26-14-/t22-/m0/s1. The average molecular weight is 519 g/mol. The summed E-state index contributed by atoms with van der Waals surface area (Å²) in [6.07, 6.45) is 4.46. The van der Waals surface area contributed by atoms with Crippen LogP contribution in [0.25, 0.3) is 0 Å². The van der Waals surface area contributed by atoms with Gasteiger partial charge in [0, 0.05) is 13.2 Å². The van der Waals surface area contributed by atoms with Crippen molar-refractivity contribution in [3.63, 3.8) is 0 Å². The molecule has 2 amide bonds. The highest BCUT2D eigenvalue weighted by Gasteiger charge is 2.21. The minimum atomic E-state index is -3.70. The number of anilines is 1. The molecule has 0 aliphatic carbocycles. The summed E-state index contributed by atoms with van der Waals surface area (Å²) in [5, 5.41) is 6.67. The Kier molecular flexibility index (Phi) is 9.65. The van der Waals surface area contributed by atoms with Gasteiger partial charge in [0.25, 0.3) is 11.8 Å². The van der Waals surface area contributed by atoms with Crippen molar-refractivity contribution >= 4 is 33.7 Å². The molecule has 0 bridgehead atoms. The van der Waals surface area contributed by atoms with Crippen LogP contribution in [0.3, 0.4) is 0 Å². The number of nitrogens with zero attached hydrogens (tertiary/aromatic N) is 2. The number of sulfonamides is 1. The Balaban J connectivity index is 1.45. The van der Waals surface area contributed by atoms with Crippen LogP contribution in [0, 0.1) is 0 Å². The van der Waals surface area contributed by atoms with Crippen molar-refractivity contribution in [1.29, 1.82) is 0 Å². The molecule has 1 heterocycles. The maximum Gasteiger partial charge on any atom is 0.260 e. The molecule has 0 spiro atoms. The fourth-order valence-electron chi connectivity index (χ4n) is 3.38. The van der Waals surface area contributed by atoms with E-state index in [1.807, 2.05) is 0 Å². The predicted octanol–water partition coefficient (Wildman–Crippen LogP) is 1.29. The third-order valence-electron chi connectivity index (χ3n) is 5.25. The van der Waals surface area contributed by atoms with E-state index in [0.29, 0.717) is 29.3 Å². The van der Waals surface area contributed by atoms with Crippen LogP contribution in [-0.4, -0.2) is 72.2 Å². The van der Waals surface area contributed by atoms with Gasteiger partial charge in [0.2, 0.25) is 10.0 Å². The molecule has 0 unspecified atom stereocenters. The van der Waals surface area contributed by atoms with Crippen molar-refractivity contribution in [3.8, 4) is 11.5 Å². The summed E-state index contributed by atoms with van der Waals surface area (Å²) in [6.45, 7) is 0.663. The molecule has 2 aromatic carbocycles. The molecule has 3 rings (SSSR count). The third kappa shape index (κ3) is 8.54. The van der Waals surface area contributed by atoms with Crippen LogP contribution in [0.2, 0.25) is 0 Å². The zero-order valence-corrected chi connectivity index (χ0v) is 21.0. The largest absolute Gasteiger partial charge is 0.497 e. The number of hydrogen-bond acceptors (Lipinski definition) is 8. The van der Waals surface area contributed by atoms with Crippen molar-refractivity contribution in [1.82, 2.24) is 10.7 Å². The summed E-state index contributed by atoms with van der Waals surface area (Å²) < 4.78 is 41.3. The minimum absolute atomic E-state index is 0.0740. The second-order valence-corrected chi connectivity index (χ2v) is 9.96. The highest BCUT2D eigenvalue weighted by atomic mass is 32.2. The monoisotopic (exact) mass is 518 g/mol. The Morgan fingerprint density at radius 1 is 1.11 bits per heavy atom. The van der Waals surface area contributed by atoms with Crippen LogP contribution < -0.4 is 24.5 Å². The van der Waals surface area contributed by atoms with E-state index >= 15 is 0 Å². The van der Waals surface area contributed by atoms with Crippen LogP contribution in [-0.2, 0) is 24.3 Å². The van der Waals surface area contributed by atoms with E-state index in [9.17, 15) is 18.0 Å². The highest BCUT2D eigenvalue weighted by Crippen LogP contribution is 2.21. The first kappa shape index (κ1) is 27.0. The van der Waals surface area contributed by atoms with Gasteiger partial charge in [-0.2, -0.15) is 5.10 Å². The molecule has 11 nitrogen and oxygen atoms in total. The van der Waals surface area contributed by atoms with Gasteiger partial charge in [-0.1, -0.05) is 0 Å². The number of rotatable bonds is 12. The number of amides is 2. The van der Waals surface area contributed by atoms with Gasteiger partial charge in [-0.15, -0.1) is 0 Å². The van der Waals surface area contributed by atoms with Crippen molar-refractivity contribution < 1.29 is 32.2 Å². The summed E-state index contributed by atoms with van der Waals surface area (Å²) in [7, 11) is -2.20. The van der Waals surface area contributed by atoms with E-state index in [1.54, 1.807) is 48.5 Å². The van der Waals surface area contributed by atoms with Gasteiger partial charge in [0.05, 0.1) is 31.4 Å². The molecule has 0 saturated carbocycles. The fourth-order valence-corrected chi connectivity index (χ4v) is 4.23. The van der Waals surface area contributed by atoms with Crippen LogP contribution >= 0.6 is 0 Å². The molecule has 0 aromatic heterocycles. The van der Waals surface area contributed by atoms with Gasteiger partial charge in [-0.25, -0.2) is 13.8 Å². The van der Waals surface area contributed by atoms with Gasteiger partial charge < -0.3 is 19.5 Å². The number of benzene rings is 2. The molecule has 2 aromatic rings. The lowest BCUT2D eigenvalue weighted by Gasteiger charge is -2.21.